The molecule has 4 nitrogen and oxygen atoms in total. The Kier molecular flexibility index (Phi) is 4.94. The summed E-state index contributed by atoms with van der Waals surface area (Å²) in [5.74, 6) is 0.471. The van der Waals surface area contributed by atoms with Crippen LogP contribution in [0.4, 0.5) is 0 Å². The Hall–Kier alpha value is -1.07. The predicted octanol–water partition coefficient (Wildman–Crippen LogP) is 3.27. The number of nitrogens with zero attached hydrogens (tertiary/aromatic N) is 1. The van der Waals surface area contributed by atoms with Crippen LogP contribution in [0.5, 0.6) is 5.75 Å². The van der Waals surface area contributed by atoms with Crippen molar-refractivity contribution in [2.45, 2.75) is 57.9 Å². The van der Waals surface area contributed by atoms with Crippen LogP contribution < -0.4 is 4.74 Å². The highest BCUT2D eigenvalue weighted by molar-refractivity contribution is 7.89. The van der Waals surface area contributed by atoms with E-state index in [1.54, 1.807) is 10.4 Å². The van der Waals surface area contributed by atoms with Crippen molar-refractivity contribution in [1.29, 1.82) is 0 Å². The van der Waals surface area contributed by atoms with Gasteiger partial charge in [0.25, 0.3) is 0 Å². The average Bonchev–Trinajstić information content (AvgIpc) is 2.43. The normalized spacial score (nSPS) is 20.5. The number of rotatable bonds is 4. The Bertz CT molecular complexity index is 610. The largest absolute Gasteiger partial charge is 0.492 e. The first-order valence-electron chi connectivity index (χ1n) is 7.63. The van der Waals surface area contributed by atoms with E-state index in [1.807, 2.05) is 33.8 Å². The fourth-order valence-corrected chi connectivity index (χ4v) is 4.69. The fourth-order valence-electron chi connectivity index (χ4n) is 2.79. The minimum atomic E-state index is -3.49. The second-order valence-corrected chi connectivity index (χ2v) is 7.64. The van der Waals surface area contributed by atoms with Crippen molar-refractivity contribution in [3.63, 3.8) is 0 Å². The summed E-state index contributed by atoms with van der Waals surface area (Å²) < 4.78 is 33.2. The monoisotopic (exact) mass is 311 g/mol. The van der Waals surface area contributed by atoms with Gasteiger partial charge in [0.2, 0.25) is 10.0 Å². The van der Waals surface area contributed by atoms with Crippen LogP contribution in [0.15, 0.2) is 17.0 Å². The van der Waals surface area contributed by atoms with Crippen LogP contribution in [0.1, 0.15) is 44.2 Å². The average molecular weight is 311 g/mol. The minimum Gasteiger partial charge on any atom is -0.492 e. The molecule has 0 aliphatic carbocycles. The van der Waals surface area contributed by atoms with Crippen LogP contribution in [0, 0.1) is 13.8 Å². The molecule has 1 aromatic rings. The molecule has 2 rings (SSSR count). The Morgan fingerprint density at radius 1 is 1.24 bits per heavy atom. The van der Waals surface area contributed by atoms with Gasteiger partial charge in [-0.1, -0.05) is 6.42 Å². The summed E-state index contributed by atoms with van der Waals surface area (Å²) in [6, 6.07) is 3.64. The molecule has 0 radical (unpaired) electrons. The van der Waals surface area contributed by atoms with Crippen LogP contribution >= 0.6 is 0 Å². The van der Waals surface area contributed by atoms with Gasteiger partial charge in [0.05, 0.1) is 6.61 Å². The zero-order valence-corrected chi connectivity index (χ0v) is 14.2. The number of hydrogen-bond acceptors (Lipinski definition) is 3. The van der Waals surface area contributed by atoms with Crippen molar-refractivity contribution >= 4 is 10.0 Å². The topological polar surface area (TPSA) is 46.6 Å². The molecule has 1 fully saturated rings. The first-order chi connectivity index (χ1) is 9.87. The Labute approximate surface area is 128 Å². The summed E-state index contributed by atoms with van der Waals surface area (Å²) in [5.41, 5.74) is 2.02. The molecule has 1 unspecified atom stereocenters. The minimum absolute atomic E-state index is 0.0554. The predicted molar refractivity (Wildman–Crippen MR) is 84.3 cm³/mol. The van der Waals surface area contributed by atoms with Crippen molar-refractivity contribution in [3.05, 3.63) is 23.3 Å². The maximum Gasteiger partial charge on any atom is 0.247 e. The van der Waals surface area contributed by atoms with Gasteiger partial charge < -0.3 is 4.74 Å². The van der Waals surface area contributed by atoms with Gasteiger partial charge in [0, 0.05) is 12.6 Å². The molecule has 0 spiro atoms. The zero-order chi connectivity index (χ0) is 15.6. The molecule has 0 amide bonds. The van der Waals surface area contributed by atoms with Gasteiger partial charge >= 0.3 is 0 Å². The molecule has 1 saturated heterocycles. The molecule has 0 saturated carbocycles. The maximum atomic E-state index is 13.0. The van der Waals surface area contributed by atoms with Crippen LogP contribution in [0.2, 0.25) is 0 Å². The van der Waals surface area contributed by atoms with E-state index in [1.165, 1.54) is 0 Å². The van der Waals surface area contributed by atoms with Gasteiger partial charge in [-0.05, 0) is 63.8 Å². The summed E-state index contributed by atoms with van der Waals surface area (Å²) >= 11 is 0. The SMILES string of the molecule is CCOc1cc(C)c(C)cc1S(=O)(=O)N1CCCCC1C. The van der Waals surface area contributed by atoms with E-state index in [-0.39, 0.29) is 6.04 Å². The highest BCUT2D eigenvalue weighted by Gasteiger charge is 2.33. The van der Waals surface area contributed by atoms with Crippen molar-refractivity contribution in [1.82, 2.24) is 4.31 Å². The summed E-state index contributed by atoms with van der Waals surface area (Å²) in [6.45, 7) is 8.82. The molecular formula is C16H25NO3S. The van der Waals surface area contributed by atoms with E-state index in [0.29, 0.717) is 23.8 Å². The first-order valence-corrected chi connectivity index (χ1v) is 9.07. The fraction of sp³-hybridized carbons (Fsp3) is 0.625. The lowest BCUT2D eigenvalue weighted by atomic mass is 10.1. The number of benzene rings is 1. The Morgan fingerprint density at radius 3 is 2.52 bits per heavy atom. The van der Waals surface area contributed by atoms with Crippen molar-refractivity contribution < 1.29 is 13.2 Å². The Morgan fingerprint density at radius 2 is 1.90 bits per heavy atom. The van der Waals surface area contributed by atoms with E-state index < -0.39 is 10.0 Å². The van der Waals surface area contributed by atoms with E-state index >= 15 is 0 Å². The first kappa shape index (κ1) is 16.3. The highest BCUT2D eigenvalue weighted by Crippen LogP contribution is 2.33. The number of piperidine rings is 1. The number of hydrogen-bond donors (Lipinski definition) is 0. The third-order valence-corrected chi connectivity index (χ3v) is 6.22. The lowest BCUT2D eigenvalue weighted by Crippen LogP contribution is -2.42. The smallest absolute Gasteiger partial charge is 0.247 e. The van der Waals surface area contributed by atoms with Gasteiger partial charge in [0.1, 0.15) is 10.6 Å². The molecule has 0 N–H and O–H groups in total. The lowest BCUT2D eigenvalue weighted by molar-refractivity contribution is 0.266. The van der Waals surface area contributed by atoms with Gasteiger partial charge in [-0.3, -0.25) is 0 Å². The number of sulfonamides is 1. The van der Waals surface area contributed by atoms with Gasteiger partial charge in [-0.15, -0.1) is 0 Å². The number of aryl methyl sites for hydroxylation is 2. The summed E-state index contributed by atoms with van der Waals surface area (Å²) in [4.78, 5) is 0.307. The van der Waals surface area contributed by atoms with Crippen molar-refractivity contribution in [2.24, 2.45) is 0 Å². The molecule has 1 atom stereocenters. The van der Waals surface area contributed by atoms with Gasteiger partial charge in [-0.25, -0.2) is 8.42 Å². The molecule has 5 heteroatoms. The maximum absolute atomic E-state index is 13.0. The van der Waals surface area contributed by atoms with Crippen LogP contribution in [-0.2, 0) is 10.0 Å². The molecule has 1 heterocycles. The molecule has 1 aromatic carbocycles. The van der Waals surface area contributed by atoms with E-state index in [4.69, 9.17) is 4.74 Å². The molecule has 1 aliphatic rings. The second kappa shape index (κ2) is 6.36. The van der Waals surface area contributed by atoms with Gasteiger partial charge in [0.15, 0.2) is 0 Å². The van der Waals surface area contributed by atoms with Crippen LogP contribution in [0.3, 0.4) is 0 Å². The summed E-state index contributed by atoms with van der Waals surface area (Å²) in [5, 5.41) is 0. The molecule has 1 aliphatic heterocycles. The second-order valence-electron chi connectivity index (χ2n) is 5.78. The van der Waals surface area contributed by atoms with E-state index in [0.717, 1.165) is 30.4 Å². The van der Waals surface area contributed by atoms with Crippen LogP contribution in [-0.4, -0.2) is 31.9 Å². The van der Waals surface area contributed by atoms with Gasteiger partial charge in [-0.2, -0.15) is 4.31 Å². The molecular weight excluding hydrogens is 286 g/mol. The third-order valence-electron chi connectivity index (χ3n) is 4.19. The van der Waals surface area contributed by atoms with Crippen molar-refractivity contribution in [2.75, 3.05) is 13.2 Å². The van der Waals surface area contributed by atoms with E-state index in [9.17, 15) is 8.42 Å². The number of ether oxygens (including phenoxy) is 1. The lowest BCUT2D eigenvalue weighted by Gasteiger charge is -2.32. The Balaban J connectivity index is 2.50. The molecule has 0 aromatic heterocycles. The van der Waals surface area contributed by atoms with Crippen LogP contribution in [0.25, 0.3) is 0 Å². The highest BCUT2D eigenvalue weighted by atomic mass is 32.2. The zero-order valence-electron chi connectivity index (χ0n) is 13.3. The molecule has 118 valence electrons. The standard InChI is InChI=1S/C16H25NO3S/c1-5-20-15-10-12(2)13(3)11-16(15)21(18,19)17-9-7-6-8-14(17)4/h10-11,14H,5-9H2,1-4H3. The summed E-state index contributed by atoms with van der Waals surface area (Å²) in [7, 11) is -3.49. The van der Waals surface area contributed by atoms with Crippen molar-refractivity contribution in [3.8, 4) is 5.75 Å². The quantitative estimate of drug-likeness (QED) is 0.857. The molecule has 21 heavy (non-hydrogen) atoms. The molecule has 0 bridgehead atoms. The van der Waals surface area contributed by atoms with E-state index in [2.05, 4.69) is 0 Å². The summed E-state index contributed by atoms with van der Waals surface area (Å²) in [6.07, 6.45) is 2.95. The third kappa shape index (κ3) is 3.24.